The lowest BCUT2D eigenvalue weighted by atomic mass is 9.91. The van der Waals surface area contributed by atoms with Gasteiger partial charge in [-0.1, -0.05) is 12.5 Å². The molecular weight excluding hydrogens is 348 g/mol. The fourth-order valence-corrected chi connectivity index (χ4v) is 5.09. The zero-order valence-corrected chi connectivity index (χ0v) is 16.8. The van der Waals surface area contributed by atoms with Crippen LogP contribution in [-0.4, -0.2) is 39.7 Å². The summed E-state index contributed by atoms with van der Waals surface area (Å²) >= 11 is 0. The predicted octanol–water partition coefficient (Wildman–Crippen LogP) is 3.50. The maximum absolute atomic E-state index is 13.0. The molecule has 3 aliphatic rings. The van der Waals surface area contributed by atoms with Crippen LogP contribution in [0.25, 0.3) is 0 Å². The molecule has 1 amide bonds. The van der Waals surface area contributed by atoms with Crippen molar-refractivity contribution in [3.05, 3.63) is 46.3 Å². The summed E-state index contributed by atoms with van der Waals surface area (Å²) in [5, 5.41) is 7.73. The van der Waals surface area contributed by atoms with Crippen LogP contribution in [0.4, 0.5) is 5.69 Å². The second-order valence-electron chi connectivity index (χ2n) is 8.66. The van der Waals surface area contributed by atoms with E-state index in [2.05, 4.69) is 33.5 Å². The van der Waals surface area contributed by atoms with Gasteiger partial charge in [0.15, 0.2) is 0 Å². The molecule has 0 saturated heterocycles. The number of benzene rings is 1. The number of hydrogen-bond acceptors (Lipinski definition) is 3. The van der Waals surface area contributed by atoms with Gasteiger partial charge in [-0.2, -0.15) is 5.10 Å². The SMILES string of the molecule is Cn1nc2c(c1C(=O)Nc1ccc3c(c1)CCN(C1CCC1)CC3)CCCC2. The Morgan fingerprint density at radius 2 is 1.82 bits per heavy atom. The molecule has 1 aromatic heterocycles. The minimum Gasteiger partial charge on any atom is -0.321 e. The molecule has 1 saturated carbocycles. The maximum atomic E-state index is 13.0. The molecule has 0 atom stereocenters. The number of anilines is 1. The van der Waals surface area contributed by atoms with Gasteiger partial charge in [-0.05, 0) is 74.6 Å². The summed E-state index contributed by atoms with van der Waals surface area (Å²) in [6.45, 7) is 2.31. The molecule has 2 aromatic rings. The highest BCUT2D eigenvalue weighted by atomic mass is 16.2. The zero-order chi connectivity index (χ0) is 19.1. The summed E-state index contributed by atoms with van der Waals surface area (Å²) in [5.74, 6) is -0.0252. The van der Waals surface area contributed by atoms with Crippen molar-refractivity contribution >= 4 is 11.6 Å². The number of fused-ring (bicyclic) bond motifs is 2. The number of nitrogens with zero attached hydrogens (tertiary/aromatic N) is 3. The summed E-state index contributed by atoms with van der Waals surface area (Å²) in [6.07, 6.45) is 10.6. The first kappa shape index (κ1) is 17.9. The molecule has 0 spiro atoms. The highest BCUT2D eigenvalue weighted by Crippen LogP contribution is 2.29. The van der Waals surface area contributed by atoms with Crippen molar-refractivity contribution in [2.75, 3.05) is 18.4 Å². The second-order valence-corrected chi connectivity index (χ2v) is 8.66. The summed E-state index contributed by atoms with van der Waals surface area (Å²) in [7, 11) is 1.89. The van der Waals surface area contributed by atoms with Gasteiger partial charge in [0, 0.05) is 37.4 Å². The predicted molar refractivity (Wildman–Crippen MR) is 111 cm³/mol. The van der Waals surface area contributed by atoms with Gasteiger partial charge in [-0.25, -0.2) is 0 Å². The molecule has 28 heavy (non-hydrogen) atoms. The Bertz CT molecular complexity index is 896. The minimum atomic E-state index is -0.0252. The van der Waals surface area contributed by atoms with Crippen LogP contribution < -0.4 is 5.32 Å². The van der Waals surface area contributed by atoms with Gasteiger partial charge < -0.3 is 5.32 Å². The van der Waals surface area contributed by atoms with Crippen molar-refractivity contribution in [1.82, 2.24) is 14.7 Å². The summed E-state index contributed by atoms with van der Waals surface area (Å²) in [4.78, 5) is 15.7. The Morgan fingerprint density at radius 1 is 1.04 bits per heavy atom. The van der Waals surface area contributed by atoms with Crippen molar-refractivity contribution in [2.45, 2.75) is 63.8 Å². The molecule has 1 N–H and O–H groups in total. The maximum Gasteiger partial charge on any atom is 0.274 e. The van der Waals surface area contributed by atoms with E-state index in [0.29, 0.717) is 0 Å². The second kappa shape index (κ2) is 7.36. The number of aryl methyl sites for hydroxylation is 2. The molecule has 5 nitrogen and oxygen atoms in total. The van der Waals surface area contributed by atoms with Gasteiger partial charge in [0.05, 0.1) is 5.69 Å². The smallest absolute Gasteiger partial charge is 0.274 e. The third kappa shape index (κ3) is 3.26. The molecule has 5 heteroatoms. The summed E-state index contributed by atoms with van der Waals surface area (Å²) < 4.78 is 1.77. The fraction of sp³-hybridized carbons (Fsp3) is 0.565. The van der Waals surface area contributed by atoms with E-state index in [-0.39, 0.29) is 5.91 Å². The number of nitrogens with one attached hydrogen (secondary N) is 1. The Kier molecular flexibility index (Phi) is 4.71. The van der Waals surface area contributed by atoms with Crippen molar-refractivity contribution in [1.29, 1.82) is 0 Å². The topological polar surface area (TPSA) is 50.2 Å². The Hall–Kier alpha value is -2.14. The molecule has 1 aliphatic heterocycles. The van der Waals surface area contributed by atoms with Gasteiger partial charge >= 0.3 is 0 Å². The monoisotopic (exact) mass is 378 g/mol. The van der Waals surface area contributed by atoms with Crippen LogP contribution in [0.2, 0.25) is 0 Å². The summed E-state index contributed by atoms with van der Waals surface area (Å²) in [5.41, 5.74) is 6.74. The summed E-state index contributed by atoms with van der Waals surface area (Å²) in [6, 6.07) is 7.29. The van der Waals surface area contributed by atoms with Crippen LogP contribution in [-0.2, 0) is 32.7 Å². The first-order valence-corrected chi connectivity index (χ1v) is 10.9. The Labute approximate surface area is 167 Å². The molecule has 0 bridgehead atoms. The first-order chi connectivity index (χ1) is 13.7. The van der Waals surface area contributed by atoms with Crippen LogP contribution in [0.5, 0.6) is 0 Å². The number of hydrogen-bond donors (Lipinski definition) is 1. The number of aromatic nitrogens is 2. The van der Waals surface area contributed by atoms with Crippen molar-refractivity contribution < 1.29 is 4.79 Å². The van der Waals surface area contributed by atoms with Gasteiger partial charge in [0.2, 0.25) is 0 Å². The van der Waals surface area contributed by atoms with Gasteiger partial charge in [0.1, 0.15) is 5.69 Å². The molecule has 0 radical (unpaired) electrons. The molecule has 1 aromatic carbocycles. The van der Waals surface area contributed by atoms with E-state index in [1.54, 1.807) is 4.68 Å². The highest BCUT2D eigenvalue weighted by molar-refractivity contribution is 6.04. The number of amides is 1. The fourth-order valence-electron chi connectivity index (χ4n) is 5.09. The molecule has 0 unspecified atom stereocenters. The molecule has 5 rings (SSSR count). The quantitative estimate of drug-likeness (QED) is 0.889. The highest BCUT2D eigenvalue weighted by Gasteiger charge is 2.27. The van der Waals surface area contributed by atoms with Crippen LogP contribution in [0.3, 0.4) is 0 Å². The zero-order valence-electron chi connectivity index (χ0n) is 16.8. The first-order valence-electron chi connectivity index (χ1n) is 10.9. The molecule has 148 valence electrons. The van der Waals surface area contributed by atoms with Crippen LogP contribution in [0.1, 0.15) is 65.0 Å². The molecule has 1 fully saturated rings. The largest absolute Gasteiger partial charge is 0.321 e. The van der Waals surface area contributed by atoms with Gasteiger partial charge in [0.25, 0.3) is 5.91 Å². The van der Waals surface area contributed by atoms with E-state index in [0.717, 1.165) is 67.3 Å². The van der Waals surface area contributed by atoms with E-state index in [1.165, 1.54) is 43.4 Å². The molecule has 2 heterocycles. The number of carbonyl (C=O) groups excluding carboxylic acids is 1. The lowest BCUT2D eigenvalue weighted by Crippen LogP contribution is -2.41. The Morgan fingerprint density at radius 3 is 2.61 bits per heavy atom. The lowest BCUT2D eigenvalue weighted by Gasteiger charge is -2.36. The molecule has 2 aliphatic carbocycles. The molecular formula is C23H30N4O. The minimum absolute atomic E-state index is 0.0252. The van der Waals surface area contributed by atoms with E-state index < -0.39 is 0 Å². The normalized spacial score (nSPS) is 20.0. The van der Waals surface area contributed by atoms with Crippen LogP contribution in [0.15, 0.2) is 18.2 Å². The van der Waals surface area contributed by atoms with E-state index in [9.17, 15) is 4.79 Å². The average Bonchev–Trinajstić information content (AvgIpc) is 2.85. The van der Waals surface area contributed by atoms with E-state index in [4.69, 9.17) is 0 Å². The van der Waals surface area contributed by atoms with E-state index >= 15 is 0 Å². The third-order valence-corrected chi connectivity index (χ3v) is 6.93. The number of rotatable bonds is 3. The van der Waals surface area contributed by atoms with Crippen molar-refractivity contribution in [3.63, 3.8) is 0 Å². The average molecular weight is 379 g/mol. The van der Waals surface area contributed by atoms with E-state index in [1.807, 2.05) is 7.05 Å². The van der Waals surface area contributed by atoms with Gasteiger partial charge in [-0.3, -0.25) is 14.4 Å². The number of carbonyl (C=O) groups is 1. The standard InChI is InChI=1S/C23H30N4O/c1-26-22(20-7-2-3-8-21(20)25-26)23(28)24-18-10-9-16-11-13-27(19-5-4-6-19)14-12-17(16)15-18/h9-10,15,19H,2-8,11-14H2,1H3,(H,24,28). The third-order valence-electron chi connectivity index (χ3n) is 6.93. The van der Waals surface area contributed by atoms with Crippen LogP contribution >= 0.6 is 0 Å². The van der Waals surface area contributed by atoms with Crippen molar-refractivity contribution in [2.24, 2.45) is 7.05 Å². The lowest BCUT2D eigenvalue weighted by molar-refractivity contribution is 0.101. The van der Waals surface area contributed by atoms with Gasteiger partial charge in [-0.15, -0.1) is 0 Å². The van der Waals surface area contributed by atoms with Crippen LogP contribution in [0, 0.1) is 0 Å². The van der Waals surface area contributed by atoms with Crippen molar-refractivity contribution in [3.8, 4) is 0 Å². The Balaban J connectivity index is 1.32.